The second kappa shape index (κ2) is 7.70. The molecule has 3 nitrogen and oxygen atoms in total. The lowest BCUT2D eigenvalue weighted by molar-refractivity contribution is 0.301. The molecule has 3 heteroatoms. The van der Waals surface area contributed by atoms with E-state index in [1.54, 1.807) is 0 Å². The van der Waals surface area contributed by atoms with E-state index in [-0.39, 0.29) is 0 Å². The standard InChI is InChI=1S/C18H23NO2/c1-4-11-20-17-7-5-6-8-18(17)21-16-10-9-14(2)12-15(16)13-19-3/h5-10,12,19H,4,11,13H2,1-3H3. The largest absolute Gasteiger partial charge is 0.490 e. The molecular weight excluding hydrogens is 262 g/mol. The van der Waals surface area contributed by atoms with Crippen LogP contribution in [-0.4, -0.2) is 13.7 Å². The second-order valence-corrected chi connectivity index (χ2v) is 5.04. The molecule has 0 unspecified atom stereocenters. The number of ether oxygens (including phenoxy) is 2. The lowest BCUT2D eigenvalue weighted by atomic mass is 10.1. The van der Waals surface area contributed by atoms with Crippen molar-refractivity contribution in [2.24, 2.45) is 0 Å². The summed E-state index contributed by atoms with van der Waals surface area (Å²) in [7, 11) is 1.93. The topological polar surface area (TPSA) is 30.5 Å². The van der Waals surface area contributed by atoms with Crippen molar-refractivity contribution in [1.82, 2.24) is 5.32 Å². The van der Waals surface area contributed by atoms with Crippen LogP contribution < -0.4 is 14.8 Å². The van der Waals surface area contributed by atoms with Crippen LogP contribution in [0.25, 0.3) is 0 Å². The number of para-hydroxylation sites is 2. The Bertz CT molecular complexity index is 581. The molecule has 0 bridgehead atoms. The molecule has 0 radical (unpaired) electrons. The van der Waals surface area contributed by atoms with E-state index in [2.05, 4.69) is 31.3 Å². The van der Waals surface area contributed by atoms with Crippen LogP contribution in [0.1, 0.15) is 24.5 Å². The third-order valence-electron chi connectivity index (χ3n) is 3.11. The Labute approximate surface area is 126 Å². The summed E-state index contributed by atoms with van der Waals surface area (Å²) in [5.74, 6) is 2.41. The summed E-state index contributed by atoms with van der Waals surface area (Å²) in [6, 6.07) is 14.0. The summed E-state index contributed by atoms with van der Waals surface area (Å²) in [5, 5.41) is 3.18. The van der Waals surface area contributed by atoms with Gasteiger partial charge in [0.15, 0.2) is 11.5 Å². The quantitative estimate of drug-likeness (QED) is 0.823. The first-order valence-corrected chi connectivity index (χ1v) is 7.38. The van der Waals surface area contributed by atoms with Crippen LogP contribution in [0.3, 0.4) is 0 Å². The maximum atomic E-state index is 6.08. The first kappa shape index (κ1) is 15.4. The molecular formula is C18H23NO2. The number of rotatable bonds is 7. The average molecular weight is 285 g/mol. The molecule has 0 aliphatic heterocycles. The Kier molecular flexibility index (Phi) is 5.64. The average Bonchev–Trinajstić information content (AvgIpc) is 2.49. The van der Waals surface area contributed by atoms with Gasteiger partial charge in [0.05, 0.1) is 6.61 Å². The van der Waals surface area contributed by atoms with Crippen molar-refractivity contribution in [2.75, 3.05) is 13.7 Å². The molecule has 21 heavy (non-hydrogen) atoms. The van der Waals surface area contributed by atoms with Gasteiger partial charge in [0.2, 0.25) is 0 Å². The molecule has 0 fully saturated rings. The maximum Gasteiger partial charge on any atom is 0.169 e. The predicted octanol–water partition coefficient (Wildman–Crippen LogP) is 4.30. The van der Waals surface area contributed by atoms with Gasteiger partial charge in [0.1, 0.15) is 5.75 Å². The Morgan fingerprint density at radius 3 is 2.48 bits per heavy atom. The van der Waals surface area contributed by atoms with Crippen molar-refractivity contribution in [3.05, 3.63) is 53.6 Å². The van der Waals surface area contributed by atoms with Crippen molar-refractivity contribution in [3.8, 4) is 17.2 Å². The third-order valence-corrected chi connectivity index (χ3v) is 3.11. The molecule has 0 spiro atoms. The van der Waals surface area contributed by atoms with E-state index < -0.39 is 0 Å². The van der Waals surface area contributed by atoms with E-state index in [1.165, 1.54) is 5.56 Å². The fraction of sp³-hybridized carbons (Fsp3) is 0.333. The van der Waals surface area contributed by atoms with E-state index in [9.17, 15) is 0 Å². The molecule has 112 valence electrons. The Hall–Kier alpha value is -2.00. The highest BCUT2D eigenvalue weighted by Crippen LogP contribution is 2.33. The van der Waals surface area contributed by atoms with Crippen LogP contribution in [0.2, 0.25) is 0 Å². The predicted molar refractivity (Wildman–Crippen MR) is 86.2 cm³/mol. The number of hydrogen-bond acceptors (Lipinski definition) is 3. The fourth-order valence-electron chi connectivity index (χ4n) is 2.12. The minimum atomic E-state index is 0.692. The summed E-state index contributed by atoms with van der Waals surface area (Å²) in [5.41, 5.74) is 2.37. The highest BCUT2D eigenvalue weighted by Gasteiger charge is 2.09. The highest BCUT2D eigenvalue weighted by molar-refractivity contribution is 5.45. The van der Waals surface area contributed by atoms with Crippen LogP contribution in [-0.2, 0) is 6.54 Å². The minimum Gasteiger partial charge on any atom is -0.490 e. The number of hydrogen-bond donors (Lipinski definition) is 1. The second-order valence-electron chi connectivity index (χ2n) is 5.04. The molecule has 0 amide bonds. The summed E-state index contributed by atoms with van der Waals surface area (Å²) >= 11 is 0. The van der Waals surface area contributed by atoms with Crippen LogP contribution in [0, 0.1) is 6.92 Å². The van der Waals surface area contributed by atoms with Crippen LogP contribution in [0.5, 0.6) is 17.2 Å². The van der Waals surface area contributed by atoms with Gasteiger partial charge in [0, 0.05) is 12.1 Å². The van der Waals surface area contributed by atoms with Crippen molar-refractivity contribution in [2.45, 2.75) is 26.8 Å². The van der Waals surface area contributed by atoms with E-state index in [0.717, 1.165) is 35.8 Å². The van der Waals surface area contributed by atoms with E-state index in [4.69, 9.17) is 9.47 Å². The fourth-order valence-corrected chi connectivity index (χ4v) is 2.12. The van der Waals surface area contributed by atoms with Gasteiger partial charge in [-0.05, 0) is 38.6 Å². The Morgan fingerprint density at radius 2 is 1.76 bits per heavy atom. The summed E-state index contributed by atoms with van der Waals surface area (Å²) in [4.78, 5) is 0. The molecule has 0 saturated carbocycles. The smallest absolute Gasteiger partial charge is 0.169 e. The summed E-state index contributed by atoms with van der Waals surface area (Å²) in [6.45, 7) is 5.64. The van der Waals surface area contributed by atoms with Crippen molar-refractivity contribution in [1.29, 1.82) is 0 Å². The maximum absolute atomic E-state index is 6.08. The van der Waals surface area contributed by atoms with Crippen LogP contribution in [0.4, 0.5) is 0 Å². The third kappa shape index (κ3) is 4.23. The zero-order chi connectivity index (χ0) is 15.1. The van der Waals surface area contributed by atoms with Gasteiger partial charge in [-0.3, -0.25) is 0 Å². The van der Waals surface area contributed by atoms with Gasteiger partial charge in [-0.2, -0.15) is 0 Å². The number of aryl methyl sites for hydroxylation is 1. The Morgan fingerprint density at radius 1 is 1.00 bits per heavy atom. The number of benzene rings is 2. The zero-order valence-electron chi connectivity index (χ0n) is 13.0. The summed E-state index contributed by atoms with van der Waals surface area (Å²) in [6.07, 6.45) is 0.976. The molecule has 2 aromatic carbocycles. The van der Waals surface area contributed by atoms with Crippen LogP contribution >= 0.6 is 0 Å². The molecule has 0 aliphatic carbocycles. The zero-order valence-corrected chi connectivity index (χ0v) is 13.0. The van der Waals surface area contributed by atoms with Gasteiger partial charge in [-0.15, -0.1) is 0 Å². The molecule has 0 heterocycles. The van der Waals surface area contributed by atoms with E-state index in [0.29, 0.717) is 6.61 Å². The van der Waals surface area contributed by atoms with Gasteiger partial charge in [-0.25, -0.2) is 0 Å². The van der Waals surface area contributed by atoms with E-state index in [1.807, 2.05) is 37.4 Å². The molecule has 2 aromatic rings. The van der Waals surface area contributed by atoms with E-state index >= 15 is 0 Å². The first-order valence-electron chi connectivity index (χ1n) is 7.38. The van der Waals surface area contributed by atoms with Crippen molar-refractivity contribution < 1.29 is 9.47 Å². The van der Waals surface area contributed by atoms with Crippen molar-refractivity contribution in [3.63, 3.8) is 0 Å². The molecule has 2 rings (SSSR count). The van der Waals surface area contributed by atoms with Gasteiger partial charge < -0.3 is 14.8 Å². The summed E-state index contributed by atoms with van der Waals surface area (Å²) < 4.78 is 11.8. The molecule has 0 saturated heterocycles. The lowest BCUT2D eigenvalue weighted by Crippen LogP contribution is -2.07. The molecule has 1 N–H and O–H groups in total. The molecule has 0 aromatic heterocycles. The first-order chi connectivity index (χ1) is 10.2. The van der Waals surface area contributed by atoms with Gasteiger partial charge in [0.25, 0.3) is 0 Å². The molecule has 0 aliphatic rings. The normalized spacial score (nSPS) is 10.4. The van der Waals surface area contributed by atoms with Crippen LogP contribution in [0.15, 0.2) is 42.5 Å². The Balaban J connectivity index is 2.25. The van der Waals surface area contributed by atoms with Gasteiger partial charge >= 0.3 is 0 Å². The lowest BCUT2D eigenvalue weighted by Gasteiger charge is -2.15. The highest BCUT2D eigenvalue weighted by atomic mass is 16.5. The molecule has 0 atom stereocenters. The minimum absolute atomic E-state index is 0.692. The van der Waals surface area contributed by atoms with Gasteiger partial charge in [-0.1, -0.05) is 36.8 Å². The number of nitrogens with one attached hydrogen (secondary N) is 1. The van der Waals surface area contributed by atoms with Crippen molar-refractivity contribution >= 4 is 0 Å². The SMILES string of the molecule is CCCOc1ccccc1Oc1ccc(C)cc1CNC. The monoisotopic (exact) mass is 285 g/mol.